The lowest BCUT2D eigenvalue weighted by molar-refractivity contribution is 0.0701. The molecule has 8 nitrogen and oxygen atoms in total. The predicted molar refractivity (Wildman–Crippen MR) is 118 cm³/mol. The quantitative estimate of drug-likeness (QED) is 0.517. The molecule has 0 bridgehead atoms. The lowest BCUT2D eigenvalue weighted by atomic mass is 9.96. The van der Waals surface area contributed by atoms with E-state index in [0.29, 0.717) is 30.2 Å². The first kappa shape index (κ1) is 19.9. The number of piperidine rings is 1. The average Bonchev–Trinajstić information content (AvgIpc) is 3.36. The first-order chi connectivity index (χ1) is 15.8. The Balaban J connectivity index is 1.33. The monoisotopic (exact) mass is 426 g/mol. The Morgan fingerprint density at radius 1 is 1.06 bits per heavy atom. The minimum Gasteiger partial charge on any atom is -0.437 e. The number of nitrogens with zero attached hydrogens (tertiary/aromatic N) is 5. The maximum Gasteiger partial charge on any atom is 0.259 e. The van der Waals surface area contributed by atoms with Gasteiger partial charge in [0.15, 0.2) is 5.82 Å². The highest BCUT2D eigenvalue weighted by atomic mass is 16.5. The van der Waals surface area contributed by atoms with Crippen molar-refractivity contribution >= 4 is 5.91 Å². The summed E-state index contributed by atoms with van der Waals surface area (Å²) in [6.45, 7) is 1.24. The largest absolute Gasteiger partial charge is 0.437 e. The number of ether oxygens (including phenoxy) is 1. The second-order valence-electron chi connectivity index (χ2n) is 7.65. The van der Waals surface area contributed by atoms with E-state index in [2.05, 4.69) is 20.2 Å². The van der Waals surface area contributed by atoms with Gasteiger partial charge in [-0.15, -0.1) is 0 Å². The van der Waals surface area contributed by atoms with Crippen LogP contribution in [0.1, 0.15) is 34.9 Å². The number of carbonyl (C=O) groups excluding carboxylic acids is 1. The Bertz CT molecular complexity index is 1200. The van der Waals surface area contributed by atoms with Gasteiger partial charge in [0.2, 0.25) is 5.88 Å². The molecular formula is C24H22N6O2. The maximum atomic E-state index is 13.4. The molecule has 1 amide bonds. The molecule has 1 fully saturated rings. The minimum atomic E-state index is -0.107. The lowest BCUT2D eigenvalue weighted by Crippen LogP contribution is -2.39. The number of nitrogens with one attached hydrogen (secondary N) is 1. The zero-order valence-corrected chi connectivity index (χ0v) is 17.4. The van der Waals surface area contributed by atoms with E-state index >= 15 is 0 Å². The van der Waals surface area contributed by atoms with Crippen molar-refractivity contribution in [3.05, 3.63) is 84.6 Å². The van der Waals surface area contributed by atoms with Crippen LogP contribution in [-0.2, 0) is 0 Å². The summed E-state index contributed by atoms with van der Waals surface area (Å²) in [4.78, 5) is 28.2. The summed E-state index contributed by atoms with van der Waals surface area (Å²) in [7, 11) is 0. The molecule has 0 spiro atoms. The summed E-state index contributed by atoms with van der Waals surface area (Å²) >= 11 is 0. The number of hydrogen-bond acceptors (Lipinski definition) is 6. The molecule has 1 aromatic carbocycles. The number of amides is 1. The molecule has 1 saturated heterocycles. The number of aromatic nitrogens is 5. The molecule has 1 N–H and O–H groups in total. The fraction of sp³-hybridized carbons (Fsp3) is 0.208. The van der Waals surface area contributed by atoms with E-state index < -0.39 is 0 Å². The smallest absolute Gasteiger partial charge is 0.259 e. The van der Waals surface area contributed by atoms with Gasteiger partial charge in [0.1, 0.15) is 17.1 Å². The fourth-order valence-electron chi connectivity index (χ4n) is 3.88. The Morgan fingerprint density at radius 3 is 2.78 bits per heavy atom. The van der Waals surface area contributed by atoms with Crippen LogP contribution < -0.4 is 4.74 Å². The number of carbonyl (C=O) groups is 1. The van der Waals surface area contributed by atoms with Crippen molar-refractivity contribution < 1.29 is 9.53 Å². The van der Waals surface area contributed by atoms with Crippen LogP contribution in [0.15, 0.2) is 73.2 Å². The predicted octanol–water partition coefficient (Wildman–Crippen LogP) is 4.07. The Kier molecular flexibility index (Phi) is 5.57. The third-order valence-corrected chi connectivity index (χ3v) is 5.48. The second kappa shape index (κ2) is 8.97. The highest BCUT2D eigenvalue weighted by Gasteiger charge is 2.29. The first-order valence-electron chi connectivity index (χ1n) is 10.6. The fourth-order valence-corrected chi connectivity index (χ4v) is 3.88. The first-order valence-corrected chi connectivity index (χ1v) is 10.6. The summed E-state index contributed by atoms with van der Waals surface area (Å²) in [5.41, 5.74) is 1.39. The third kappa shape index (κ3) is 4.20. The van der Waals surface area contributed by atoms with Crippen molar-refractivity contribution in [1.29, 1.82) is 0 Å². The lowest BCUT2D eigenvalue weighted by Gasteiger charge is -2.32. The Morgan fingerprint density at radius 2 is 1.94 bits per heavy atom. The van der Waals surface area contributed by atoms with Crippen LogP contribution in [0.4, 0.5) is 0 Å². The molecule has 8 heteroatoms. The van der Waals surface area contributed by atoms with E-state index in [9.17, 15) is 4.79 Å². The normalized spacial score (nSPS) is 16.0. The molecule has 0 radical (unpaired) electrons. The summed E-state index contributed by atoms with van der Waals surface area (Å²) in [6.07, 6.45) is 6.70. The molecule has 1 atom stereocenters. The third-order valence-electron chi connectivity index (χ3n) is 5.48. The van der Waals surface area contributed by atoms with Crippen LogP contribution in [0.2, 0.25) is 0 Å². The van der Waals surface area contributed by atoms with Gasteiger partial charge >= 0.3 is 0 Å². The van der Waals surface area contributed by atoms with Gasteiger partial charge in [-0.25, -0.2) is 9.97 Å². The van der Waals surface area contributed by atoms with Crippen LogP contribution in [0.5, 0.6) is 11.6 Å². The number of H-pyrrole nitrogens is 1. The van der Waals surface area contributed by atoms with Gasteiger partial charge in [0.05, 0.1) is 6.20 Å². The number of likely N-dealkylation sites (tertiary alicyclic amines) is 1. The molecule has 32 heavy (non-hydrogen) atoms. The number of aromatic amines is 1. The van der Waals surface area contributed by atoms with Gasteiger partial charge in [-0.05, 0) is 37.1 Å². The summed E-state index contributed by atoms with van der Waals surface area (Å²) in [5, 5.41) is 7.45. The van der Waals surface area contributed by atoms with Crippen molar-refractivity contribution in [1.82, 2.24) is 30.0 Å². The van der Waals surface area contributed by atoms with Crippen LogP contribution >= 0.6 is 0 Å². The molecule has 160 valence electrons. The van der Waals surface area contributed by atoms with Crippen LogP contribution in [0.25, 0.3) is 11.4 Å². The average molecular weight is 426 g/mol. The highest BCUT2D eigenvalue weighted by Crippen LogP contribution is 2.29. The van der Waals surface area contributed by atoms with E-state index in [1.54, 1.807) is 42.9 Å². The second-order valence-corrected chi connectivity index (χ2v) is 7.65. The van der Waals surface area contributed by atoms with Crippen LogP contribution in [0, 0.1) is 0 Å². The zero-order valence-electron chi connectivity index (χ0n) is 17.4. The van der Waals surface area contributed by atoms with Crippen molar-refractivity contribution in [2.45, 2.75) is 18.8 Å². The van der Waals surface area contributed by atoms with Crippen molar-refractivity contribution in [2.75, 3.05) is 13.1 Å². The molecule has 1 aliphatic rings. The SMILES string of the molecule is O=C(c1cccnc1Oc1cccnc1)N1CCC[C@@H](c2nc(-c3ccccc3)n[nH]2)C1. The molecule has 4 heterocycles. The number of rotatable bonds is 5. The number of hydrogen-bond donors (Lipinski definition) is 1. The molecule has 4 aromatic rings. The van der Waals surface area contributed by atoms with E-state index in [-0.39, 0.29) is 17.7 Å². The Hall–Kier alpha value is -4.07. The van der Waals surface area contributed by atoms with E-state index in [0.717, 1.165) is 24.2 Å². The van der Waals surface area contributed by atoms with E-state index in [4.69, 9.17) is 9.72 Å². The summed E-state index contributed by atoms with van der Waals surface area (Å²) < 4.78 is 5.84. The van der Waals surface area contributed by atoms with Crippen LogP contribution in [-0.4, -0.2) is 49.0 Å². The maximum absolute atomic E-state index is 13.4. The van der Waals surface area contributed by atoms with Gasteiger partial charge in [0, 0.05) is 37.0 Å². The standard InChI is InChI=1S/C24H22N6O2/c31-24(20-11-5-13-26-23(20)32-19-10-4-12-25-15-19)30-14-6-9-18(16-30)22-27-21(28-29-22)17-7-2-1-3-8-17/h1-5,7-8,10-13,15,18H,6,9,14,16H2,(H,27,28,29)/t18-/m1/s1. The highest BCUT2D eigenvalue weighted by molar-refractivity contribution is 5.96. The van der Waals surface area contributed by atoms with Gasteiger partial charge in [0.25, 0.3) is 5.91 Å². The van der Waals surface area contributed by atoms with Crippen LogP contribution in [0.3, 0.4) is 0 Å². The summed E-state index contributed by atoms with van der Waals surface area (Å²) in [5.74, 6) is 2.27. The van der Waals surface area contributed by atoms with E-state index in [1.165, 1.54) is 0 Å². The van der Waals surface area contributed by atoms with Crippen molar-refractivity contribution in [2.24, 2.45) is 0 Å². The molecule has 0 saturated carbocycles. The molecular weight excluding hydrogens is 404 g/mol. The number of pyridine rings is 2. The molecule has 3 aromatic heterocycles. The van der Waals surface area contributed by atoms with Gasteiger partial charge in [-0.3, -0.25) is 14.9 Å². The minimum absolute atomic E-state index is 0.0945. The Labute approximate surface area is 185 Å². The van der Waals surface area contributed by atoms with Crippen molar-refractivity contribution in [3.63, 3.8) is 0 Å². The zero-order chi connectivity index (χ0) is 21.8. The van der Waals surface area contributed by atoms with Gasteiger partial charge in [-0.2, -0.15) is 5.10 Å². The van der Waals surface area contributed by atoms with Gasteiger partial charge < -0.3 is 9.64 Å². The van der Waals surface area contributed by atoms with Crippen molar-refractivity contribution in [3.8, 4) is 23.0 Å². The topological polar surface area (TPSA) is 96.9 Å². The summed E-state index contributed by atoms with van der Waals surface area (Å²) in [6, 6.07) is 16.9. The molecule has 5 rings (SSSR count). The number of benzene rings is 1. The molecule has 0 aliphatic carbocycles. The molecule has 0 unspecified atom stereocenters. The van der Waals surface area contributed by atoms with E-state index in [1.807, 2.05) is 35.2 Å². The van der Waals surface area contributed by atoms with Gasteiger partial charge in [-0.1, -0.05) is 30.3 Å². The molecule has 1 aliphatic heterocycles.